The van der Waals surface area contributed by atoms with Gasteiger partial charge < -0.3 is 14.2 Å². The predicted molar refractivity (Wildman–Crippen MR) is 288 cm³/mol. The molecule has 0 bridgehead atoms. The Kier molecular flexibility index (Phi) is 53.3. The van der Waals surface area contributed by atoms with Gasteiger partial charge in [0.05, 0.1) is 0 Å². The molecule has 0 unspecified atom stereocenters. The second-order valence-electron chi connectivity index (χ2n) is 19.2. The van der Waals surface area contributed by atoms with Crippen LogP contribution in [0.4, 0.5) is 0 Å². The van der Waals surface area contributed by atoms with Crippen LogP contribution in [0.2, 0.25) is 0 Å². The van der Waals surface area contributed by atoms with Crippen LogP contribution in [-0.2, 0) is 28.6 Å². The fourth-order valence-corrected chi connectivity index (χ4v) is 8.11. The Morgan fingerprint density at radius 1 is 0.299 bits per heavy atom. The highest BCUT2D eigenvalue weighted by molar-refractivity contribution is 5.71. The van der Waals surface area contributed by atoms with Crippen molar-refractivity contribution in [3.05, 3.63) is 60.8 Å². The third-order valence-corrected chi connectivity index (χ3v) is 12.5. The van der Waals surface area contributed by atoms with E-state index in [0.29, 0.717) is 19.3 Å². The second kappa shape index (κ2) is 55.7. The van der Waals surface area contributed by atoms with Crippen LogP contribution in [0.15, 0.2) is 60.8 Å². The Labute approximate surface area is 415 Å². The molecule has 0 aromatic heterocycles. The zero-order chi connectivity index (χ0) is 48.6. The minimum Gasteiger partial charge on any atom is -0.462 e. The maximum absolute atomic E-state index is 12.8. The van der Waals surface area contributed by atoms with Gasteiger partial charge in [-0.15, -0.1) is 0 Å². The highest BCUT2D eigenvalue weighted by atomic mass is 16.6. The highest BCUT2D eigenvalue weighted by Gasteiger charge is 2.19. The molecule has 0 N–H and O–H groups in total. The number of ether oxygens (including phenoxy) is 3. The summed E-state index contributed by atoms with van der Waals surface area (Å²) in [6.07, 6.45) is 69.3. The van der Waals surface area contributed by atoms with Crippen LogP contribution in [-0.4, -0.2) is 37.2 Å². The van der Waals surface area contributed by atoms with Crippen LogP contribution in [0.5, 0.6) is 0 Å². The van der Waals surface area contributed by atoms with Crippen LogP contribution in [0, 0.1) is 0 Å². The van der Waals surface area contributed by atoms with E-state index in [1.165, 1.54) is 161 Å². The Hall–Kier alpha value is -2.89. The summed E-state index contributed by atoms with van der Waals surface area (Å²) in [5, 5.41) is 0. The third kappa shape index (κ3) is 53.9. The summed E-state index contributed by atoms with van der Waals surface area (Å²) >= 11 is 0. The van der Waals surface area contributed by atoms with Gasteiger partial charge >= 0.3 is 17.9 Å². The summed E-state index contributed by atoms with van der Waals surface area (Å²) in [6.45, 7) is 6.57. The number of allylic oxidation sites excluding steroid dienone is 10. The summed E-state index contributed by atoms with van der Waals surface area (Å²) in [5.41, 5.74) is 0. The maximum atomic E-state index is 12.8. The summed E-state index contributed by atoms with van der Waals surface area (Å²) < 4.78 is 16.8. The van der Waals surface area contributed by atoms with Crippen molar-refractivity contribution in [3.8, 4) is 0 Å². The molecular formula is C61H108O6. The summed E-state index contributed by atoms with van der Waals surface area (Å²) in [4.78, 5) is 38.1. The highest BCUT2D eigenvalue weighted by Crippen LogP contribution is 2.16. The molecule has 0 aliphatic heterocycles. The summed E-state index contributed by atoms with van der Waals surface area (Å²) in [7, 11) is 0. The first-order valence-corrected chi connectivity index (χ1v) is 28.8. The monoisotopic (exact) mass is 937 g/mol. The number of hydrogen-bond acceptors (Lipinski definition) is 6. The van der Waals surface area contributed by atoms with Crippen molar-refractivity contribution >= 4 is 17.9 Å². The van der Waals surface area contributed by atoms with Crippen molar-refractivity contribution in [1.82, 2.24) is 0 Å². The van der Waals surface area contributed by atoms with Gasteiger partial charge in [0.25, 0.3) is 0 Å². The number of rotatable bonds is 52. The first-order valence-electron chi connectivity index (χ1n) is 28.8. The molecule has 0 aliphatic carbocycles. The van der Waals surface area contributed by atoms with Crippen molar-refractivity contribution in [2.24, 2.45) is 0 Å². The lowest BCUT2D eigenvalue weighted by Gasteiger charge is -2.18. The van der Waals surface area contributed by atoms with Gasteiger partial charge in [-0.3, -0.25) is 14.4 Å². The number of hydrogen-bond donors (Lipinski definition) is 0. The van der Waals surface area contributed by atoms with Crippen molar-refractivity contribution in [2.45, 2.75) is 297 Å². The minimum absolute atomic E-state index is 0.0868. The van der Waals surface area contributed by atoms with Crippen LogP contribution in [0.25, 0.3) is 0 Å². The van der Waals surface area contributed by atoms with Crippen molar-refractivity contribution in [1.29, 1.82) is 0 Å². The standard InChI is InChI=1S/C61H108O6/c1-4-7-10-13-16-19-22-24-26-28-30-32-34-36-39-42-45-48-51-54-60(63)66-57-58(56-65-59(62)53-50-47-44-41-38-21-18-15-12-9-6-3)67-61(64)55-52-49-46-43-40-37-35-33-31-29-27-25-23-20-17-14-11-8-5-2/h15-16,18-19,24,26,30,32,36,39,58H,4-14,17,20-23,25,27-29,31,33-35,37-38,40-57H2,1-3H3/b18-15-,19-16-,26-24-,32-30-,39-36-/t58-/m0/s1. The molecule has 6 heteroatoms. The van der Waals surface area contributed by atoms with E-state index in [1.54, 1.807) is 0 Å². The molecule has 0 fully saturated rings. The quantitative estimate of drug-likeness (QED) is 0.0262. The Bertz CT molecular complexity index is 1210. The van der Waals surface area contributed by atoms with E-state index in [9.17, 15) is 14.4 Å². The first-order chi connectivity index (χ1) is 33.0. The number of carbonyl (C=O) groups is 3. The van der Waals surface area contributed by atoms with E-state index >= 15 is 0 Å². The fraction of sp³-hybridized carbons (Fsp3) is 0.787. The molecule has 0 amide bonds. The summed E-state index contributed by atoms with van der Waals surface area (Å²) in [6, 6.07) is 0. The van der Waals surface area contributed by atoms with Crippen molar-refractivity contribution < 1.29 is 28.6 Å². The van der Waals surface area contributed by atoms with Gasteiger partial charge in [0.15, 0.2) is 6.10 Å². The zero-order valence-electron chi connectivity index (χ0n) is 44.4. The van der Waals surface area contributed by atoms with Gasteiger partial charge in [-0.25, -0.2) is 0 Å². The average molecular weight is 938 g/mol. The molecule has 0 heterocycles. The molecule has 67 heavy (non-hydrogen) atoms. The molecule has 0 aromatic rings. The predicted octanol–water partition coefficient (Wildman–Crippen LogP) is 19.2. The molecule has 388 valence electrons. The minimum atomic E-state index is -0.788. The molecule has 0 aromatic carbocycles. The molecule has 0 aliphatic rings. The smallest absolute Gasteiger partial charge is 0.306 e. The number of esters is 3. The van der Waals surface area contributed by atoms with E-state index < -0.39 is 6.10 Å². The maximum Gasteiger partial charge on any atom is 0.306 e. The van der Waals surface area contributed by atoms with E-state index in [4.69, 9.17) is 14.2 Å². The lowest BCUT2D eigenvalue weighted by molar-refractivity contribution is -0.167. The summed E-state index contributed by atoms with van der Waals surface area (Å²) in [5.74, 6) is -0.916. The van der Waals surface area contributed by atoms with E-state index in [1.807, 2.05) is 0 Å². The number of carbonyl (C=O) groups excluding carboxylic acids is 3. The van der Waals surface area contributed by atoms with Gasteiger partial charge in [-0.05, 0) is 83.5 Å². The molecule has 0 rings (SSSR count). The van der Waals surface area contributed by atoms with Crippen LogP contribution in [0.1, 0.15) is 290 Å². The van der Waals surface area contributed by atoms with Crippen molar-refractivity contribution in [2.75, 3.05) is 13.2 Å². The molecule has 0 saturated heterocycles. The fourth-order valence-electron chi connectivity index (χ4n) is 8.11. The SMILES string of the molecule is CCCC/C=C\CCCCCCCC(=O)OC[C@@H](COC(=O)CCCCC/C=C\C/C=C\C/C=C\C/C=C\CCCCC)OC(=O)CCCCCCCCCCCCCCCCCCCCC. The lowest BCUT2D eigenvalue weighted by atomic mass is 10.0. The van der Waals surface area contributed by atoms with Gasteiger partial charge in [-0.2, -0.15) is 0 Å². The van der Waals surface area contributed by atoms with Crippen LogP contribution in [0.3, 0.4) is 0 Å². The second-order valence-corrected chi connectivity index (χ2v) is 19.2. The van der Waals surface area contributed by atoms with Gasteiger partial charge in [0.2, 0.25) is 0 Å². The number of unbranched alkanes of at least 4 members (excludes halogenated alkanes) is 31. The Morgan fingerprint density at radius 2 is 0.552 bits per heavy atom. The van der Waals surface area contributed by atoms with E-state index in [-0.39, 0.29) is 31.1 Å². The molecule has 1 atom stereocenters. The molecule has 0 saturated carbocycles. The Morgan fingerprint density at radius 3 is 0.940 bits per heavy atom. The molecule has 0 radical (unpaired) electrons. The zero-order valence-corrected chi connectivity index (χ0v) is 44.4. The van der Waals surface area contributed by atoms with E-state index in [0.717, 1.165) is 89.9 Å². The molecular weight excluding hydrogens is 829 g/mol. The van der Waals surface area contributed by atoms with Gasteiger partial charge in [0, 0.05) is 19.3 Å². The van der Waals surface area contributed by atoms with E-state index in [2.05, 4.69) is 81.5 Å². The largest absolute Gasteiger partial charge is 0.462 e. The average Bonchev–Trinajstić information content (AvgIpc) is 3.33. The van der Waals surface area contributed by atoms with Crippen LogP contribution < -0.4 is 0 Å². The van der Waals surface area contributed by atoms with Crippen molar-refractivity contribution in [3.63, 3.8) is 0 Å². The van der Waals surface area contributed by atoms with Crippen LogP contribution >= 0.6 is 0 Å². The third-order valence-electron chi connectivity index (χ3n) is 12.5. The van der Waals surface area contributed by atoms with Gasteiger partial charge in [0.1, 0.15) is 13.2 Å². The molecule has 6 nitrogen and oxygen atoms in total. The van der Waals surface area contributed by atoms with Gasteiger partial charge in [-0.1, -0.05) is 248 Å². The lowest BCUT2D eigenvalue weighted by Crippen LogP contribution is -2.30. The molecule has 0 spiro atoms. The normalized spacial score (nSPS) is 12.5. The topological polar surface area (TPSA) is 78.9 Å². The Balaban J connectivity index is 4.37. The first kappa shape index (κ1) is 64.1.